The van der Waals surface area contributed by atoms with Gasteiger partial charge in [-0.15, -0.1) is 0 Å². The second-order valence-electron chi connectivity index (χ2n) is 5.32. The molecule has 120 valence electrons. The molecule has 0 unspecified atom stereocenters. The summed E-state index contributed by atoms with van der Waals surface area (Å²) >= 11 is 0. The van der Waals surface area contributed by atoms with E-state index in [9.17, 15) is 9.59 Å². The molecule has 0 heterocycles. The number of allylic oxidation sites excluding steroid dienone is 1. The van der Waals surface area contributed by atoms with Crippen LogP contribution in [0.25, 0.3) is 0 Å². The Morgan fingerprint density at radius 3 is 1.90 bits per heavy atom. The standard InChI is InChI=1S/C18H30O3/c1-3-5-6-7-8-9-10-11-12-13-14-15-16-18(20)21-17(19)4-2/h4,15-16H,2-3,5-14H2,1H3. The minimum Gasteiger partial charge on any atom is -0.387 e. The molecule has 0 aliphatic rings. The molecule has 0 spiro atoms. The number of rotatable bonds is 13. The summed E-state index contributed by atoms with van der Waals surface area (Å²) in [5, 5.41) is 0. The van der Waals surface area contributed by atoms with Crippen LogP contribution in [-0.4, -0.2) is 11.9 Å². The molecule has 0 atom stereocenters. The lowest BCUT2D eigenvalue weighted by molar-refractivity contribution is -0.152. The third-order valence-electron chi connectivity index (χ3n) is 3.35. The Morgan fingerprint density at radius 1 is 0.857 bits per heavy atom. The van der Waals surface area contributed by atoms with Crippen molar-refractivity contribution in [2.75, 3.05) is 0 Å². The van der Waals surface area contributed by atoms with Gasteiger partial charge in [0.25, 0.3) is 0 Å². The Morgan fingerprint density at radius 2 is 1.38 bits per heavy atom. The maximum absolute atomic E-state index is 11.1. The average molecular weight is 294 g/mol. The number of hydrogen-bond donors (Lipinski definition) is 0. The first-order chi connectivity index (χ1) is 10.2. The molecule has 0 aromatic heterocycles. The molecule has 21 heavy (non-hydrogen) atoms. The second-order valence-corrected chi connectivity index (χ2v) is 5.32. The smallest absolute Gasteiger partial charge is 0.338 e. The van der Waals surface area contributed by atoms with Crippen LogP contribution in [-0.2, 0) is 14.3 Å². The van der Waals surface area contributed by atoms with Crippen molar-refractivity contribution >= 4 is 11.9 Å². The van der Waals surface area contributed by atoms with Gasteiger partial charge in [0.05, 0.1) is 0 Å². The summed E-state index contributed by atoms with van der Waals surface area (Å²) in [6, 6.07) is 0. The van der Waals surface area contributed by atoms with Gasteiger partial charge < -0.3 is 4.74 Å². The number of ether oxygens (including phenoxy) is 1. The summed E-state index contributed by atoms with van der Waals surface area (Å²) in [5.74, 6) is -1.32. The van der Waals surface area contributed by atoms with Crippen molar-refractivity contribution in [2.45, 2.75) is 77.6 Å². The summed E-state index contributed by atoms with van der Waals surface area (Å²) in [5.41, 5.74) is 0. The van der Waals surface area contributed by atoms with Crippen molar-refractivity contribution in [3.63, 3.8) is 0 Å². The highest BCUT2D eigenvalue weighted by Crippen LogP contribution is 2.11. The fourth-order valence-electron chi connectivity index (χ4n) is 2.10. The van der Waals surface area contributed by atoms with Crippen LogP contribution in [0.3, 0.4) is 0 Å². The van der Waals surface area contributed by atoms with Gasteiger partial charge in [0.2, 0.25) is 0 Å². The maximum Gasteiger partial charge on any atom is 0.338 e. The van der Waals surface area contributed by atoms with Gasteiger partial charge in [-0.05, 0) is 12.8 Å². The van der Waals surface area contributed by atoms with Crippen molar-refractivity contribution in [3.05, 3.63) is 24.8 Å². The number of carbonyl (C=O) groups excluding carboxylic acids is 2. The molecule has 0 N–H and O–H groups in total. The molecule has 0 radical (unpaired) electrons. The number of esters is 2. The zero-order valence-electron chi connectivity index (χ0n) is 13.4. The molecule has 3 nitrogen and oxygen atoms in total. The molecule has 0 saturated heterocycles. The van der Waals surface area contributed by atoms with Gasteiger partial charge >= 0.3 is 11.9 Å². The van der Waals surface area contributed by atoms with E-state index in [1.54, 1.807) is 6.08 Å². The van der Waals surface area contributed by atoms with Crippen LogP contribution >= 0.6 is 0 Å². The molecule has 0 aromatic carbocycles. The van der Waals surface area contributed by atoms with E-state index in [1.165, 1.54) is 63.9 Å². The van der Waals surface area contributed by atoms with E-state index in [1.807, 2.05) is 0 Å². The molecule has 3 heteroatoms. The lowest BCUT2D eigenvalue weighted by Crippen LogP contribution is -2.06. The highest BCUT2D eigenvalue weighted by atomic mass is 16.6. The van der Waals surface area contributed by atoms with Crippen LogP contribution in [0.5, 0.6) is 0 Å². The Labute approximate surface area is 129 Å². The number of hydrogen-bond acceptors (Lipinski definition) is 3. The van der Waals surface area contributed by atoms with Crippen molar-refractivity contribution < 1.29 is 14.3 Å². The molecule has 0 fully saturated rings. The van der Waals surface area contributed by atoms with Crippen LogP contribution in [0.15, 0.2) is 24.8 Å². The molecule has 0 amide bonds. The Balaban J connectivity index is 3.30. The van der Waals surface area contributed by atoms with E-state index >= 15 is 0 Å². The van der Waals surface area contributed by atoms with E-state index in [4.69, 9.17) is 0 Å². The first-order valence-corrected chi connectivity index (χ1v) is 8.25. The lowest BCUT2D eigenvalue weighted by atomic mass is 10.1. The first-order valence-electron chi connectivity index (χ1n) is 8.25. The zero-order valence-corrected chi connectivity index (χ0v) is 13.4. The van der Waals surface area contributed by atoms with Crippen molar-refractivity contribution in [3.8, 4) is 0 Å². The molecule has 0 aromatic rings. The monoisotopic (exact) mass is 294 g/mol. The third-order valence-corrected chi connectivity index (χ3v) is 3.35. The predicted octanol–water partition coefficient (Wildman–Crippen LogP) is 5.11. The van der Waals surface area contributed by atoms with E-state index in [0.717, 1.165) is 18.9 Å². The topological polar surface area (TPSA) is 43.4 Å². The molecule has 0 rings (SSSR count). The van der Waals surface area contributed by atoms with E-state index in [-0.39, 0.29) is 0 Å². The fourth-order valence-corrected chi connectivity index (χ4v) is 2.10. The Hall–Kier alpha value is -1.38. The summed E-state index contributed by atoms with van der Waals surface area (Å²) in [6.07, 6.45) is 17.9. The van der Waals surface area contributed by atoms with Gasteiger partial charge in [-0.25, -0.2) is 9.59 Å². The molecule has 0 bridgehead atoms. The Kier molecular flexibility index (Phi) is 14.0. The van der Waals surface area contributed by atoms with Crippen LogP contribution in [0.1, 0.15) is 77.6 Å². The highest BCUT2D eigenvalue weighted by molar-refractivity contribution is 5.96. The molecule has 0 aliphatic heterocycles. The van der Waals surface area contributed by atoms with Crippen LogP contribution in [0, 0.1) is 0 Å². The highest BCUT2D eigenvalue weighted by Gasteiger charge is 2.01. The molecule has 0 saturated carbocycles. The minimum absolute atomic E-state index is 0.619. The second kappa shape index (κ2) is 15.0. The summed E-state index contributed by atoms with van der Waals surface area (Å²) in [7, 11) is 0. The van der Waals surface area contributed by atoms with Gasteiger partial charge in [0.1, 0.15) is 0 Å². The molecular weight excluding hydrogens is 264 g/mol. The van der Waals surface area contributed by atoms with Gasteiger partial charge in [0, 0.05) is 12.2 Å². The minimum atomic E-state index is -0.705. The summed E-state index contributed by atoms with van der Waals surface area (Å²) < 4.78 is 4.42. The van der Waals surface area contributed by atoms with Crippen LogP contribution < -0.4 is 0 Å². The van der Waals surface area contributed by atoms with E-state index < -0.39 is 11.9 Å². The number of carbonyl (C=O) groups is 2. The van der Waals surface area contributed by atoms with Crippen molar-refractivity contribution in [1.82, 2.24) is 0 Å². The Bertz CT molecular complexity index is 318. The normalized spacial score (nSPS) is 10.7. The molecule has 0 aliphatic carbocycles. The third kappa shape index (κ3) is 14.8. The first kappa shape index (κ1) is 19.6. The van der Waals surface area contributed by atoms with Gasteiger partial charge in [-0.3, -0.25) is 0 Å². The lowest BCUT2D eigenvalue weighted by Gasteiger charge is -2.01. The molecular formula is C18H30O3. The largest absolute Gasteiger partial charge is 0.387 e. The van der Waals surface area contributed by atoms with Gasteiger partial charge in [0.15, 0.2) is 0 Å². The van der Waals surface area contributed by atoms with Gasteiger partial charge in [-0.2, -0.15) is 0 Å². The SMILES string of the molecule is C=CC(=O)OC(=O)C=CCCCCCCCCCCCC. The van der Waals surface area contributed by atoms with Crippen molar-refractivity contribution in [1.29, 1.82) is 0 Å². The van der Waals surface area contributed by atoms with E-state index in [2.05, 4.69) is 18.2 Å². The number of unbranched alkanes of at least 4 members (excludes halogenated alkanes) is 10. The summed E-state index contributed by atoms with van der Waals surface area (Å²) in [6.45, 7) is 5.47. The van der Waals surface area contributed by atoms with Crippen LogP contribution in [0.2, 0.25) is 0 Å². The van der Waals surface area contributed by atoms with Crippen molar-refractivity contribution in [2.24, 2.45) is 0 Å². The predicted molar refractivity (Wildman–Crippen MR) is 86.9 cm³/mol. The zero-order chi connectivity index (χ0) is 15.8. The fraction of sp³-hybridized carbons (Fsp3) is 0.667. The van der Waals surface area contributed by atoms with E-state index in [0.29, 0.717) is 0 Å². The van der Waals surface area contributed by atoms with Gasteiger partial charge in [-0.1, -0.05) is 77.4 Å². The summed E-state index contributed by atoms with van der Waals surface area (Å²) in [4.78, 5) is 21.9. The quantitative estimate of drug-likeness (QED) is 0.205. The van der Waals surface area contributed by atoms with Crippen LogP contribution in [0.4, 0.5) is 0 Å². The average Bonchev–Trinajstić information content (AvgIpc) is 2.48. The maximum atomic E-state index is 11.1.